The highest BCUT2D eigenvalue weighted by atomic mass is 35.5. The minimum absolute atomic E-state index is 0.0807. The number of fused-ring (bicyclic) bond motifs is 1. The molecule has 1 fully saturated rings. The smallest absolute Gasteiger partial charge is 0.253 e. The molecule has 3 heterocycles. The summed E-state index contributed by atoms with van der Waals surface area (Å²) in [6.45, 7) is 5.61. The standard InChI is InChI=1S/C34H36ClN5O3S/c1-42-29-18-26-11-12-40(22-28(26)19-30(29)43-2)32-20-31(35)36-34(37-32)44-23-25-9-6-10-27(17-25)33(41)39-15-13-38(14-16-39)21-24-7-4-3-5-8-24/h3-10,17-20H,11-16,21-23H2,1-2H3. The van der Waals surface area contributed by atoms with Gasteiger partial charge in [0.2, 0.25) is 0 Å². The predicted octanol–water partition coefficient (Wildman–Crippen LogP) is 5.96. The van der Waals surface area contributed by atoms with E-state index < -0.39 is 0 Å². The van der Waals surface area contributed by atoms with Crippen LogP contribution < -0.4 is 14.4 Å². The quantitative estimate of drug-likeness (QED) is 0.128. The van der Waals surface area contributed by atoms with Crippen molar-refractivity contribution in [3.8, 4) is 11.5 Å². The molecule has 0 aliphatic carbocycles. The zero-order valence-electron chi connectivity index (χ0n) is 25.0. The average molecular weight is 630 g/mol. The first-order valence-corrected chi connectivity index (χ1v) is 16.2. The van der Waals surface area contributed by atoms with Crippen LogP contribution in [0.1, 0.15) is 32.6 Å². The first-order chi connectivity index (χ1) is 21.5. The van der Waals surface area contributed by atoms with Gasteiger partial charge < -0.3 is 19.3 Å². The Labute approximate surface area is 268 Å². The van der Waals surface area contributed by atoms with E-state index in [1.165, 1.54) is 28.5 Å². The number of rotatable bonds is 9. The van der Waals surface area contributed by atoms with Crippen LogP contribution in [0.5, 0.6) is 11.5 Å². The van der Waals surface area contributed by atoms with Crippen molar-refractivity contribution in [3.63, 3.8) is 0 Å². The second-order valence-corrected chi connectivity index (χ2v) is 12.4. The predicted molar refractivity (Wildman–Crippen MR) is 175 cm³/mol. The van der Waals surface area contributed by atoms with Gasteiger partial charge >= 0.3 is 0 Å². The molecule has 0 unspecified atom stereocenters. The van der Waals surface area contributed by atoms with Gasteiger partial charge in [-0.1, -0.05) is 65.8 Å². The number of carbonyl (C=O) groups excluding carboxylic acids is 1. The van der Waals surface area contributed by atoms with E-state index in [1.54, 1.807) is 14.2 Å². The lowest BCUT2D eigenvalue weighted by molar-refractivity contribution is 0.0628. The Balaban J connectivity index is 1.07. The topological polar surface area (TPSA) is 71.0 Å². The Morgan fingerprint density at radius 2 is 1.57 bits per heavy atom. The Hall–Kier alpha value is -3.79. The fraction of sp³-hybridized carbons (Fsp3) is 0.324. The number of hydrogen-bond donors (Lipinski definition) is 0. The molecule has 1 saturated heterocycles. The summed E-state index contributed by atoms with van der Waals surface area (Å²) in [5.41, 5.74) is 5.48. The highest BCUT2D eigenvalue weighted by molar-refractivity contribution is 7.98. The minimum Gasteiger partial charge on any atom is -0.493 e. The lowest BCUT2D eigenvalue weighted by Crippen LogP contribution is -2.48. The fourth-order valence-electron chi connectivity index (χ4n) is 5.77. The molecule has 2 aliphatic rings. The van der Waals surface area contributed by atoms with Crippen LogP contribution in [0.2, 0.25) is 5.15 Å². The summed E-state index contributed by atoms with van der Waals surface area (Å²) in [5.74, 6) is 2.97. The van der Waals surface area contributed by atoms with Crippen LogP contribution in [-0.2, 0) is 25.3 Å². The third-order valence-electron chi connectivity index (χ3n) is 8.15. The van der Waals surface area contributed by atoms with E-state index in [2.05, 4.69) is 45.1 Å². The van der Waals surface area contributed by atoms with Gasteiger partial charge in [0.1, 0.15) is 11.0 Å². The van der Waals surface area contributed by atoms with Crippen LogP contribution in [0.25, 0.3) is 0 Å². The van der Waals surface area contributed by atoms with Crippen molar-refractivity contribution in [3.05, 3.63) is 106 Å². The molecule has 0 atom stereocenters. The molecule has 10 heteroatoms. The number of halogens is 1. The van der Waals surface area contributed by atoms with Gasteiger partial charge in [-0.05, 0) is 52.9 Å². The van der Waals surface area contributed by atoms with E-state index in [1.807, 2.05) is 47.4 Å². The molecule has 8 nitrogen and oxygen atoms in total. The summed E-state index contributed by atoms with van der Waals surface area (Å²) in [7, 11) is 3.31. The fourth-order valence-corrected chi connectivity index (χ4v) is 6.79. The number of nitrogens with zero attached hydrogens (tertiary/aromatic N) is 5. The number of ether oxygens (including phenoxy) is 2. The number of hydrogen-bond acceptors (Lipinski definition) is 8. The van der Waals surface area contributed by atoms with Crippen LogP contribution in [0, 0.1) is 0 Å². The highest BCUT2D eigenvalue weighted by Crippen LogP contribution is 2.35. The van der Waals surface area contributed by atoms with Gasteiger partial charge in [0.25, 0.3) is 5.91 Å². The average Bonchev–Trinajstić information content (AvgIpc) is 3.07. The first-order valence-electron chi connectivity index (χ1n) is 14.8. The molecule has 4 aromatic rings. The maximum atomic E-state index is 13.4. The Kier molecular flexibility index (Phi) is 9.54. The normalized spacial score (nSPS) is 15.2. The van der Waals surface area contributed by atoms with Crippen LogP contribution in [-0.4, -0.2) is 72.6 Å². The van der Waals surface area contributed by atoms with Crippen LogP contribution in [0.4, 0.5) is 5.82 Å². The van der Waals surface area contributed by atoms with Crippen LogP contribution in [0.15, 0.2) is 78.0 Å². The Morgan fingerprint density at radius 3 is 2.32 bits per heavy atom. The maximum absolute atomic E-state index is 13.4. The summed E-state index contributed by atoms with van der Waals surface area (Å²) in [4.78, 5) is 29.3. The first kappa shape index (κ1) is 30.2. The molecule has 0 N–H and O–H groups in total. The summed E-state index contributed by atoms with van der Waals surface area (Å²) in [5, 5.41) is 1.02. The van der Waals surface area contributed by atoms with Gasteiger partial charge in [0.05, 0.1) is 14.2 Å². The lowest BCUT2D eigenvalue weighted by atomic mass is 9.99. The number of piperazine rings is 1. The molecule has 6 rings (SSSR count). The van der Waals surface area contributed by atoms with Gasteiger partial charge in [-0.3, -0.25) is 9.69 Å². The number of anilines is 1. The van der Waals surface area contributed by atoms with Crippen LogP contribution >= 0.6 is 23.4 Å². The maximum Gasteiger partial charge on any atom is 0.253 e. The molecular formula is C34H36ClN5O3S. The molecule has 3 aromatic carbocycles. The lowest BCUT2D eigenvalue weighted by Gasteiger charge is -2.34. The molecule has 0 spiro atoms. The second-order valence-electron chi connectivity index (χ2n) is 11.0. The molecular weight excluding hydrogens is 594 g/mol. The molecule has 44 heavy (non-hydrogen) atoms. The largest absolute Gasteiger partial charge is 0.493 e. The number of aromatic nitrogens is 2. The van der Waals surface area contributed by atoms with Crippen molar-refractivity contribution in [2.45, 2.75) is 30.4 Å². The zero-order chi connectivity index (χ0) is 30.5. The van der Waals surface area contributed by atoms with Gasteiger partial charge in [-0.25, -0.2) is 9.97 Å². The van der Waals surface area contributed by atoms with Crippen molar-refractivity contribution >= 4 is 35.1 Å². The van der Waals surface area contributed by atoms with E-state index in [0.717, 1.165) is 68.6 Å². The number of amides is 1. The van der Waals surface area contributed by atoms with Gasteiger partial charge in [0.15, 0.2) is 16.7 Å². The highest BCUT2D eigenvalue weighted by Gasteiger charge is 2.23. The van der Waals surface area contributed by atoms with E-state index in [-0.39, 0.29) is 5.91 Å². The van der Waals surface area contributed by atoms with Gasteiger partial charge in [0, 0.05) is 63.2 Å². The zero-order valence-corrected chi connectivity index (χ0v) is 26.6. The monoisotopic (exact) mass is 629 g/mol. The molecule has 2 aliphatic heterocycles. The minimum atomic E-state index is 0.0807. The summed E-state index contributed by atoms with van der Waals surface area (Å²) < 4.78 is 11.0. The molecule has 0 saturated carbocycles. The molecule has 228 valence electrons. The molecule has 1 amide bonds. The number of carbonyl (C=O) groups is 1. The van der Waals surface area contributed by atoms with Gasteiger partial charge in [-0.15, -0.1) is 0 Å². The van der Waals surface area contributed by atoms with Crippen molar-refractivity contribution < 1.29 is 14.3 Å². The van der Waals surface area contributed by atoms with Crippen molar-refractivity contribution in [1.29, 1.82) is 0 Å². The van der Waals surface area contributed by atoms with E-state index in [9.17, 15) is 4.79 Å². The van der Waals surface area contributed by atoms with Crippen LogP contribution in [0.3, 0.4) is 0 Å². The SMILES string of the molecule is COc1cc2c(cc1OC)CN(c1cc(Cl)nc(SCc3cccc(C(=O)N4CCN(Cc5ccccc5)CC4)c3)n1)CC2. The van der Waals surface area contributed by atoms with Crippen molar-refractivity contribution in [2.24, 2.45) is 0 Å². The Bertz CT molecular complexity index is 1610. The second kappa shape index (κ2) is 13.9. The Morgan fingerprint density at radius 1 is 0.841 bits per heavy atom. The molecule has 0 radical (unpaired) electrons. The van der Waals surface area contributed by atoms with Crippen molar-refractivity contribution in [2.75, 3.05) is 51.8 Å². The summed E-state index contributed by atoms with van der Waals surface area (Å²) >= 11 is 7.98. The van der Waals surface area contributed by atoms with E-state index in [4.69, 9.17) is 26.1 Å². The third kappa shape index (κ3) is 7.12. The van der Waals surface area contributed by atoms with E-state index in [0.29, 0.717) is 28.2 Å². The summed E-state index contributed by atoms with van der Waals surface area (Å²) in [6.07, 6.45) is 0.864. The summed E-state index contributed by atoms with van der Waals surface area (Å²) in [6, 6.07) is 24.3. The molecule has 1 aromatic heterocycles. The van der Waals surface area contributed by atoms with Gasteiger partial charge in [-0.2, -0.15) is 0 Å². The number of thioether (sulfide) groups is 1. The number of benzene rings is 3. The third-order valence-corrected chi connectivity index (χ3v) is 9.27. The number of methoxy groups -OCH3 is 2. The van der Waals surface area contributed by atoms with Crippen molar-refractivity contribution in [1.82, 2.24) is 19.8 Å². The molecule has 0 bridgehead atoms. The van der Waals surface area contributed by atoms with E-state index >= 15 is 0 Å².